The second-order valence-electron chi connectivity index (χ2n) is 5.14. The van der Waals surface area contributed by atoms with Crippen molar-refractivity contribution in [1.82, 2.24) is 4.90 Å². The van der Waals surface area contributed by atoms with E-state index in [2.05, 4.69) is 0 Å². The van der Waals surface area contributed by atoms with Crippen LogP contribution in [0.3, 0.4) is 0 Å². The van der Waals surface area contributed by atoms with Crippen LogP contribution in [0, 0.1) is 5.92 Å². The number of anilines is 1. The summed E-state index contributed by atoms with van der Waals surface area (Å²) >= 11 is 0. The number of likely N-dealkylation sites (tertiary alicyclic amines) is 1. The normalized spacial score (nSPS) is 16.1. The maximum Gasteiger partial charge on any atom is 0.225 e. The SMILES string of the molecule is Nc1ccccc1OCCC(=O)N1CCC(CO)CC1. The van der Waals surface area contributed by atoms with E-state index in [-0.39, 0.29) is 12.5 Å². The van der Waals surface area contributed by atoms with Crippen molar-refractivity contribution in [3.63, 3.8) is 0 Å². The second kappa shape index (κ2) is 7.14. The molecule has 0 aromatic heterocycles. The Labute approximate surface area is 119 Å². The summed E-state index contributed by atoms with van der Waals surface area (Å²) in [4.78, 5) is 13.9. The summed E-state index contributed by atoms with van der Waals surface area (Å²) in [5.74, 6) is 1.08. The summed E-state index contributed by atoms with van der Waals surface area (Å²) in [6, 6.07) is 7.27. The van der Waals surface area contributed by atoms with E-state index in [1.54, 1.807) is 12.1 Å². The number of nitrogens with two attached hydrogens (primary N) is 1. The third kappa shape index (κ3) is 3.87. The van der Waals surface area contributed by atoms with Gasteiger partial charge in [-0.25, -0.2) is 0 Å². The van der Waals surface area contributed by atoms with Crippen LogP contribution in [0.25, 0.3) is 0 Å². The monoisotopic (exact) mass is 278 g/mol. The number of aliphatic hydroxyl groups excluding tert-OH is 1. The number of benzene rings is 1. The summed E-state index contributed by atoms with van der Waals surface area (Å²) in [6.07, 6.45) is 2.13. The van der Waals surface area contributed by atoms with Gasteiger partial charge in [-0.3, -0.25) is 4.79 Å². The number of nitrogen functional groups attached to an aromatic ring is 1. The lowest BCUT2D eigenvalue weighted by atomic mass is 9.98. The van der Waals surface area contributed by atoms with Crippen molar-refractivity contribution in [2.45, 2.75) is 19.3 Å². The highest BCUT2D eigenvalue weighted by Gasteiger charge is 2.21. The number of carbonyl (C=O) groups excluding carboxylic acids is 1. The van der Waals surface area contributed by atoms with Crippen LogP contribution in [-0.2, 0) is 4.79 Å². The third-order valence-corrected chi connectivity index (χ3v) is 3.72. The van der Waals surface area contributed by atoms with Gasteiger partial charge in [0.15, 0.2) is 0 Å². The first-order valence-corrected chi connectivity index (χ1v) is 7.06. The van der Waals surface area contributed by atoms with E-state index in [1.165, 1.54) is 0 Å². The Morgan fingerprint density at radius 1 is 1.35 bits per heavy atom. The average molecular weight is 278 g/mol. The molecule has 0 saturated carbocycles. The van der Waals surface area contributed by atoms with Gasteiger partial charge in [-0.1, -0.05) is 12.1 Å². The molecular weight excluding hydrogens is 256 g/mol. The van der Waals surface area contributed by atoms with Crippen LogP contribution in [0.2, 0.25) is 0 Å². The Balaban J connectivity index is 1.72. The number of amides is 1. The Bertz CT molecular complexity index is 442. The predicted octanol–water partition coefficient (Wildman–Crippen LogP) is 1.27. The molecule has 3 N–H and O–H groups in total. The molecule has 2 rings (SSSR count). The van der Waals surface area contributed by atoms with Crippen molar-refractivity contribution in [2.24, 2.45) is 5.92 Å². The largest absolute Gasteiger partial charge is 0.491 e. The number of hydrogen-bond acceptors (Lipinski definition) is 4. The van der Waals surface area contributed by atoms with Gasteiger partial charge in [0.05, 0.1) is 18.7 Å². The number of nitrogens with zero attached hydrogens (tertiary/aromatic N) is 1. The molecule has 0 unspecified atom stereocenters. The van der Waals surface area contributed by atoms with Crippen molar-refractivity contribution in [3.05, 3.63) is 24.3 Å². The van der Waals surface area contributed by atoms with Crippen LogP contribution >= 0.6 is 0 Å². The highest BCUT2D eigenvalue weighted by Crippen LogP contribution is 2.20. The molecule has 1 saturated heterocycles. The van der Waals surface area contributed by atoms with Crippen molar-refractivity contribution < 1.29 is 14.6 Å². The number of aliphatic hydroxyl groups is 1. The maximum absolute atomic E-state index is 12.0. The van der Waals surface area contributed by atoms with Gasteiger partial charge in [0.2, 0.25) is 5.91 Å². The number of ether oxygens (including phenoxy) is 1. The van der Waals surface area contributed by atoms with Gasteiger partial charge in [0.25, 0.3) is 0 Å². The minimum atomic E-state index is 0.107. The quantitative estimate of drug-likeness (QED) is 0.795. The molecule has 0 bridgehead atoms. The summed E-state index contributed by atoms with van der Waals surface area (Å²) in [5.41, 5.74) is 6.35. The molecule has 0 radical (unpaired) electrons. The highest BCUT2D eigenvalue weighted by molar-refractivity contribution is 5.76. The first-order chi connectivity index (χ1) is 9.70. The maximum atomic E-state index is 12.0. The van der Waals surface area contributed by atoms with Gasteiger partial charge < -0.3 is 20.5 Å². The molecule has 5 nitrogen and oxygen atoms in total. The van der Waals surface area contributed by atoms with Crippen molar-refractivity contribution in [1.29, 1.82) is 0 Å². The average Bonchev–Trinajstić information content (AvgIpc) is 2.49. The van der Waals surface area contributed by atoms with E-state index in [1.807, 2.05) is 17.0 Å². The Hall–Kier alpha value is -1.75. The molecule has 0 spiro atoms. The molecule has 1 aromatic rings. The summed E-state index contributed by atoms with van der Waals surface area (Å²) in [6.45, 7) is 2.03. The van der Waals surface area contributed by atoms with Crippen molar-refractivity contribution >= 4 is 11.6 Å². The van der Waals surface area contributed by atoms with Gasteiger partial charge in [-0.15, -0.1) is 0 Å². The summed E-state index contributed by atoms with van der Waals surface area (Å²) in [5, 5.41) is 9.07. The number of carbonyl (C=O) groups is 1. The fraction of sp³-hybridized carbons (Fsp3) is 0.533. The zero-order valence-corrected chi connectivity index (χ0v) is 11.6. The van der Waals surface area contributed by atoms with Crippen molar-refractivity contribution in [3.8, 4) is 5.75 Å². The van der Waals surface area contributed by atoms with Gasteiger partial charge in [-0.2, -0.15) is 0 Å². The Kier molecular flexibility index (Phi) is 5.24. The lowest BCUT2D eigenvalue weighted by molar-refractivity contribution is -0.133. The van der Waals surface area contributed by atoms with Crippen molar-refractivity contribution in [2.75, 3.05) is 32.0 Å². The van der Waals surface area contributed by atoms with E-state index in [0.717, 1.165) is 25.9 Å². The molecule has 1 amide bonds. The molecule has 1 aliphatic heterocycles. The molecule has 1 heterocycles. The van der Waals surface area contributed by atoms with Crippen LogP contribution < -0.4 is 10.5 Å². The fourth-order valence-corrected chi connectivity index (χ4v) is 2.38. The molecule has 20 heavy (non-hydrogen) atoms. The molecule has 5 heteroatoms. The first kappa shape index (κ1) is 14.7. The minimum Gasteiger partial charge on any atom is -0.491 e. The first-order valence-electron chi connectivity index (χ1n) is 7.06. The Morgan fingerprint density at radius 2 is 2.05 bits per heavy atom. The van der Waals surface area contributed by atoms with Gasteiger partial charge >= 0.3 is 0 Å². The Morgan fingerprint density at radius 3 is 2.70 bits per heavy atom. The predicted molar refractivity (Wildman–Crippen MR) is 77.4 cm³/mol. The molecule has 1 aromatic carbocycles. The summed E-state index contributed by atoms with van der Waals surface area (Å²) < 4.78 is 5.53. The third-order valence-electron chi connectivity index (χ3n) is 3.72. The van der Waals surface area contributed by atoms with Gasteiger partial charge in [0.1, 0.15) is 5.75 Å². The van der Waals surface area contributed by atoms with E-state index in [9.17, 15) is 4.79 Å². The van der Waals surface area contributed by atoms with E-state index in [0.29, 0.717) is 30.4 Å². The van der Waals surface area contributed by atoms with Gasteiger partial charge in [-0.05, 0) is 30.9 Å². The number of hydrogen-bond donors (Lipinski definition) is 2. The number of para-hydroxylation sites is 2. The standard InChI is InChI=1S/C15H22N2O3/c16-13-3-1-2-4-14(13)20-10-7-15(19)17-8-5-12(11-18)6-9-17/h1-4,12,18H,5-11,16H2. The molecule has 0 aliphatic carbocycles. The molecule has 1 aliphatic rings. The molecule has 0 atom stereocenters. The van der Waals surface area contributed by atoms with E-state index in [4.69, 9.17) is 15.6 Å². The lowest BCUT2D eigenvalue weighted by Crippen LogP contribution is -2.39. The zero-order chi connectivity index (χ0) is 14.4. The van der Waals surface area contributed by atoms with E-state index < -0.39 is 0 Å². The molecule has 110 valence electrons. The van der Waals surface area contributed by atoms with Gasteiger partial charge in [0, 0.05) is 19.7 Å². The van der Waals surface area contributed by atoms with Crippen LogP contribution in [0.1, 0.15) is 19.3 Å². The smallest absolute Gasteiger partial charge is 0.225 e. The summed E-state index contributed by atoms with van der Waals surface area (Å²) in [7, 11) is 0. The van der Waals surface area contributed by atoms with Crippen LogP contribution in [-0.4, -0.2) is 42.2 Å². The number of piperidine rings is 1. The van der Waals surface area contributed by atoms with Crippen LogP contribution in [0.15, 0.2) is 24.3 Å². The topological polar surface area (TPSA) is 75.8 Å². The zero-order valence-electron chi connectivity index (χ0n) is 11.6. The minimum absolute atomic E-state index is 0.107. The van der Waals surface area contributed by atoms with Crippen LogP contribution in [0.5, 0.6) is 5.75 Å². The lowest BCUT2D eigenvalue weighted by Gasteiger charge is -2.31. The van der Waals surface area contributed by atoms with Crippen LogP contribution in [0.4, 0.5) is 5.69 Å². The second-order valence-corrected chi connectivity index (χ2v) is 5.14. The van der Waals surface area contributed by atoms with E-state index >= 15 is 0 Å². The number of rotatable bonds is 5. The molecule has 1 fully saturated rings. The highest BCUT2D eigenvalue weighted by atomic mass is 16.5. The fourth-order valence-electron chi connectivity index (χ4n) is 2.38. The molecular formula is C15H22N2O3.